The quantitative estimate of drug-likeness (QED) is 0.240. The van der Waals surface area contributed by atoms with E-state index in [0.717, 1.165) is 18.2 Å². The summed E-state index contributed by atoms with van der Waals surface area (Å²) in [5.41, 5.74) is -0.320. The molecular formula is C15H11ClF12O2. The molecule has 15 heteroatoms. The topological polar surface area (TPSA) is 40.5 Å². The molecule has 0 fully saturated rings. The number of benzene rings is 1. The summed E-state index contributed by atoms with van der Waals surface area (Å²) >= 11 is 3.59. The lowest BCUT2D eigenvalue weighted by atomic mass is 9.91. The first kappa shape index (κ1) is 26.3. The molecule has 0 aliphatic carbocycles. The van der Waals surface area contributed by atoms with E-state index in [4.69, 9.17) is 5.11 Å². The zero-order valence-electron chi connectivity index (χ0n) is 14.2. The van der Waals surface area contributed by atoms with Gasteiger partial charge in [-0.2, -0.15) is 52.7 Å². The Morgan fingerprint density at radius 3 is 1.63 bits per heavy atom. The molecule has 2 N–H and O–H groups in total. The molecule has 0 atom stereocenters. The summed E-state index contributed by atoms with van der Waals surface area (Å²) in [4.78, 5) is 0. The third-order valence-electron chi connectivity index (χ3n) is 4.00. The number of alkyl halides is 13. The Bertz CT molecular complexity index is 760. The van der Waals surface area contributed by atoms with E-state index >= 15 is 0 Å². The van der Waals surface area contributed by atoms with Gasteiger partial charge in [0.05, 0.1) is 0 Å². The molecule has 1 aromatic rings. The molecule has 0 saturated carbocycles. The van der Waals surface area contributed by atoms with E-state index in [1.165, 1.54) is 0 Å². The Morgan fingerprint density at radius 2 is 1.17 bits per heavy atom. The summed E-state index contributed by atoms with van der Waals surface area (Å²) in [6.45, 7) is 0. The van der Waals surface area contributed by atoms with Gasteiger partial charge in [0.2, 0.25) is 0 Å². The van der Waals surface area contributed by atoms with E-state index in [1.807, 2.05) is 0 Å². The monoisotopic (exact) mass is 486 g/mol. The average Bonchev–Trinajstić information content (AvgIpc) is 2.56. The van der Waals surface area contributed by atoms with Crippen LogP contribution in [-0.4, -0.2) is 45.2 Å². The lowest BCUT2D eigenvalue weighted by Gasteiger charge is -2.40. The highest BCUT2D eigenvalue weighted by Crippen LogP contribution is 2.61. The lowest BCUT2D eigenvalue weighted by molar-refractivity contribution is -0.417. The fourth-order valence-corrected chi connectivity index (χ4v) is 2.35. The number of aromatic hydroxyl groups is 2. The average molecular weight is 487 g/mol. The zero-order chi connectivity index (χ0) is 24.0. The van der Waals surface area contributed by atoms with Gasteiger partial charge in [-0.05, 0) is 48.2 Å². The van der Waals surface area contributed by atoms with Crippen LogP contribution in [0.25, 0.3) is 0 Å². The minimum Gasteiger partial charge on any atom is -0.508 e. The smallest absolute Gasteiger partial charge is 0.393 e. The first-order valence-electron chi connectivity index (χ1n) is 7.60. The fourth-order valence-electron chi connectivity index (χ4n) is 2.23. The zero-order valence-corrected chi connectivity index (χ0v) is 14.9. The third kappa shape index (κ3) is 4.19. The first-order chi connectivity index (χ1) is 13.1. The Morgan fingerprint density at radius 1 is 0.700 bits per heavy atom. The van der Waals surface area contributed by atoms with E-state index < -0.39 is 65.8 Å². The van der Waals surface area contributed by atoms with E-state index in [2.05, 4.69) is 11.6 Å². The van der Waals surface area contributed by atoms with E-state index in [1.54, 1.807) is 0 Å². The number of hydrogen-bond acceptors (Lipinski definition) is 2. The van der Waals surface area contributed by atoms with Crippen molar-refractivity contribution in [2.24, 2.45) is 0 Å². The van der Waals surface area contributed by atoms with Gasteiger partial charge in [-0.1, -0.05) is 0 Å². The minimum absolute atomic E-state index is 0.320. The molecule has 0 amide bonds. The molecule has 2 nitrogen and oxygen atoms in total. The van der Waals surface area contributed by atoms with Gasteiger partial charge in [-0.15, -0.1) is 0 Å². The highest BCUT2D eigenvalue weighted by Gasteiger charge is 2.89. The van der Waals surface area contributed by atoms with Crippen LogP contribution in [0.5, 0.6) is 11.5 Å². The van der Waals surface area contributed by atoms with Crippen molar-refractivity contribution in [3.63, 3.8) is 0 Å². The minimum atomic E-state index is -7.68. The largest absolute Gasteiger partial charge is 0.508 e. The molecule has 0 aliphatic heterocycles. The molecule has 0 unspecified atom stereocenters. The summed E-state index contributed by atoms with van der Waals surface area (Å²) in [7, 11) is 0. The van der Waals surface area contributed by atoms with Crippen molar-refractivity contribution in [3.8, 4) is 11.5 Å². The molecule has 0 radical (unpaired) electrons. The Hall–Kier alpha value is -1.73. The lowest BCUT2D eigenvalue weighted by Crippen LogP contribution is -2.69. The molecule has 0 saturated heterocycles. The molecule has 0 bridgehead atoms. The second-order valence-corrected chi connectivity index (χ2v) is 6.64. The van der Waals surface area contributed by atoms with Gasteiger partial charge in [0, 0.05) is 6.42 Å². The van der Waals surface area contributed by atoms with Crippen LogP contribution in [0.4, 0.5) is 52.7 Å². The summed E-state index contributed by atoms with van der Waals surface area (Å²) in [5, 5.41) is 12.1. The van der Waals surface area contributed by atoms with Gasteiger partial charge >= 0.3 is 35.0 Å². The second kappa shape index (κ2) is 7.75. The van der Waals surface area contributed by atoms with Crippen LogP contribution >= 0.6 is 11.6 Å². The molecule has 0 aromatic heterocycles. The highest BCUT2D eigenvalue weighted by molar-refractivity contribution is 6.22. The van der Waals surface area contributed by atoms with Crippen LogP contribution in [0.15, 0.2) is 18.2 Å². The fraction of sp³-hybridized carbons (Fsp3) is 0.600. The highest BCUT2D eigenvalue weighted by atomic mass is 35.5. The van der Waals surface area contributed by atoms with Gasteiger partial charge < -0.3 is 10.2 Å². The maximum Gasteiger partial charge on any atom is 0.393 e. The molecule has 30 heavy (non-hydrogen) atoms. The summed E-state index contributed by atoms with van der Waals surface area (Å²) in [6.07, 6.45) is -4.25. The maximum absolute atomic E-state index is 13.7. The predicted molar refractivity (Wildman–Crippen MR) is 78.2 cm³/mol. The third-order valence-corrected chi connectivity index (χ3v) is 4.24. The summed E-state index contributed by atoms with van der Waals surface area (Å²) in [6, 6.07) is 2.59. The number of rotatable bonds is 9. The Balaban J connectivity index is 3.15. The van der Waals surface area contributed by atoms with Crippen molar-refractivity contribution in [2.75, 3.05) is 0 Å². The first-order valence-corrected chi connectivity index (χ1v) is 7.98. The van der Waals surface area contributed by atoms with Gasteiger partial charge in [0.15, 0.2) is 0 Å². The number of aryl methyl sites for hydroxylation is 1. The van der Waals surface area contributed by atoms with Crippen molar-refractivity contribution < 1.29 is 62.9 Å². The van der Waals surface area contributed by atoms with Crippen LogP contribution in [0.3, 0.4) is 0 Å². The number of phenols is 2. The van der Waals surface area contributed by atoms with E-state index in [0.29, 0.717) is 0 Å². The van der Waals surface area contributed by atoms with E-state index in [-0.39, 0.29) is 5.56 Å². The predicted octanol–water partition coefficient (Wildman–Crippen LogP) is 6.43. The number of hydrogen-bond donors (Lipinski definition) is 2. The van der Waals surface area contributed by atoms with Crippen molar-refractivity contribution in [2.45, 2.75) is 54.3 Å². The number of phenolic OH excluding ortho intramolecular Hbond substituents is 2. The summed E-state index contributed by atoms with van der Waals surface area (Å²) in [5.74, 6) is -37.1. The van der Waals surface area contributed by atoms with Crippen LogP contribution in [0.1, 0.15) is 18.4 Å². The van der Waals surface area contributed by atoms with Gasteiger partial charge in [-0.25, -0.2) is 0 Å². The molecule has 0 heterocycles. The van der Waals surface area contributed by atoms with Gasteiger partial charge in [0.25, 0.3) is 0 Å². The maximum atomic E-state index is 13.7. The molecule has 1 aromatic carbocycles. The van der Waals surface area contributed by atoms with Crippen LogP contribution < -0.4 is 0 Å². The Kier molecular flexibility index (Phi) is 6.80. The molecule has 0 aliphatic rings. The van der Waals surface area contributed by atoms with Crippen LogP contribution in [0.2, 0.25) is 0 Å². The van der Waals surface area contributed by atoms with Crippen molar-refractivity contribution in [1.82, 2.24) is 0 Å². The second-order valence-electron chi connectivity index (χ2n) is 6.17. The van der Waals surface area contributed by atoms with Crippen molar-refractivity contribution in [3.05, 3.63) is 23.8 Å². The van der Waals surface area contributed by atoms with Crippen molar-refractivity contribution in [1.29, 1.82) is 0 Å². The van der Waals surface area contributed by atoms with Gasteiger partial charge in [0.1, 0.15) is 11.5 Å². The summed E-state index contributed by atoms with van der Waals surface area (Å²) < 4.78 is 159. The molecule has 0 spiro atoms. The Labute approximate surface area is 165 Å². The van der Waals surface area contributed by atoms with Crippen LogP contribution in [-0.2, 0) is 6.42 Å². The normalized spacial score (nSPS) is 14.8. The molecular weight excluding hydrogens is 476 g/mol. The molecule has 174 valence electrons. The van der Waals surface area contributed by atoms with Crippen molar-refractivity contribution >= 4 is 11.6 Å². The van der Waals surface area contributed by atoms with Crippen LogP contribution in [0, 0.1) is 0 Å². The van der Waals surface area contributed by atoms with Gasteiger partial charge in [-0.3, -0.25) is 0 Å². The number of halogens is 13. The molecule has 1 rings (SSSR count). The van der Waals surface area contributed by atoms with E-state index in [9.17, 15) is 57.8 Å². The SMILES string of the molecule is Oc1ccc(O)c(CCCC(F)(F)C(F)(F)C(F)(F)C(F)(F)C(F)(F)C(F)(F)Cl)c1. The standard InChI is InChI=1S/C15H11ClF12O2/c16-15(27,28)14(25,26)13(23,24)12(21,22)11(19,20)10(17,18)5-1-2-7-6-8(29)3-4-9(7)30/h3-4,6,29-30H,1-2,5H2.